The highest BCUT2D eigenvalue weighted by Crippen LogP contribution is 2.32. The van der Waals surface area contributed by atoms with Gasteiger partial charge in [-0.15, -0.1) is 0 Å². The van der Waals surface area contributed by atoms with Gasteiger partial charge < -0.3 is 15.3 Å². The Morgan fingerprint density at radius 1 is 1.53 bits per heavy atom. The monoisotopic (exact) mass is 234 g/mol. The topological polar surface area (TPSA) is 52.6 Å². The zero-order valence-corrected chi connectivity index (χ0v) is 10.2. The predicted octanol–water partition coefficient (Wildman–Crippen LogP) is 1.06. The Labute approximate surface area is 101 Å². The number of carbonyl (C=O) groups excluding carboxylic acids is 1. The molecule has 1 unspecified atom stereocenters. The average Bonchev–Trinajstić information content (AvgIpc) is 2.67. The van der Waals surface area contributed by atoms with Crippen molar-refractivity contribution >= 4 is 5.91 Å². The highest BCUT2D eigenvalue weighted by molar-refractivity contribution is 5.77. The summed E-state index contributed by atoms with van der Waals surface area (Å²) in [5, 5.41) is 12.7. The van der Waals surface area contributed by atoms with Gasteiger partial charge in [0.1, 0.15) is 5.75 Å². The number of aryl methyl sites for hydroxylation is 1. The lowest BCUT2D eigenvalue weighted by atomic mass is 10.1. The van der Waals surface area contributed by atoms with Crippen LogP contribution in [0, 0.1) is 0 Å². The molecule has 0 aromatic heterocycles. The number of phenols is 1. The average molecular weight is 234 g/mol. The molecule has 0 radical (unpaired) electrons. The molecular formula is C13H18N2O2. The van der Waals surface area contributed by atoms with Crippen LogP contribution in [0.2, 0.25) is 0 Å². The number of phenolic OH excluding ortho intramolecular Hbond substituents is 1. The van der Waals surface area contributed by atoms with E-state index in [0.29, 0.717) is 12.3 Å². The van der Waals surface area contributed by atoms with Crippen molar-refractivity contribution in [1.82, 2.24) is 10.2 Å². The first-order valence-electron chi connectivity index (χ1n) is 5.83. The van der Waals surface area contributed by atoms with Crippen LogP contribution in [0.1, 0.15) is 23.6 Å². The molecule has 1 aliphatic carbocycles. The SMILES string of the molecule is CN(C)C(=O)CNC1CCc2cc(O)ccc21. The minimum absolute atomic E-state index is 0.0808. The molecule has 1 amide bonds. The summed E-state index contributed by atoms with van der Waals surface area (Å²) in [5.41, 5.74) is 2.38. The largest absolute Gasteiger partial charge is 0.508 e. The molecule has 4 heteroatoms. The van der Waals surface area contributed by atoms with Crippen LogP contribution in [-0.4, -0.2) is 36.6 Å². The van der Waals surface area contributed by atoms with E-state index in [1.807, 2.05) is 12.1 Å². The number of rotatable bonds is 3. The maximum absolute atomic E-state index is 11.5. The van der Waals surface area contributed by atoms with Crippen LogP contribution in [-0.2, 0) is 11.2 Å². The van der Waals surface area contributed by atoms with Gasteiger partial charge in [-0.25, -0.2) is 0 Å². The third-order valence-corrected chi connectivity index (χ3v) is 3.20. The third kappa shape index (κ3) is 2.58. The molecule has 2 N–H and O–H groups in total. The van der Waals surface area contributed by atoms with Gasteiger partial charge in [0, 0.05) is 20.1 Å². The second kappa shape index (κ2) is 4.75. The van der Waals surface area contributed by atoms with Gasteiger partial charge in [-0.2, -0.15) is 0 Å². The van der Waals surface area contributed by atoms with Crippen molar-refractivity contribution in [2.75, 3.05) is 20.6 Å². The molecular weight excluding hydrogens is 216 g/mol. The molecule has 1 aliphatic rings. The summed E-state index contributed by atoms with van der Waals surface area (Å²) in [7, 11) is 3.51. The van der Waals surface area contributed by atoms with E-state index in [2.05, 4.69) is 5.32 Å². The van der Waals surface area contributed by atoms with Crippen molar-refractivity contribution in [2.24, 2.45) is 0 Å². The number of likely N-dealkylation sites (N-methyl/N-ethyl adjacent to an activating group) is 1. The fraction of sp³-hybridized carbons (Fsp3) is 0.462. The van der Waals surface area contributed by atoms with Crippen LogP contribution >= 0.6 is 0 Å². The Balaban J connectivity index is 2.00. The van der Waals surface area contributed by atoms with E-state index in [0.717, 1.165) is 12.8 Å². The number of nitrogens with zero attached hydrogens (tertiary/aromatic N) is 1. The van der Waals surface area contributed by atoms with Crippen LogP contribution in [0.4, 0.5) is 0 Å². The lowest BCUT2D eigenvalue weighted by Gasteiger charge is -2.16. The van der Waals surface area contributed by atoms with E-state index in [1.165, 1.54) is 11.1 Å². The Kier molecular flexibility index (Phi) is 3.33. The lowest BCUT2D eigenvalue weighted by molar-refractivity contribution is -0.127. The molecule has 1 atom stereocenters. The summed E-state index contributed by atoms with van der Waals surface area (Å²) in [6.07, 6.45) is 1.94. The molecule has 4 nitrogen and oxygen atoms in total. The fourth-order valence-corrected chi connectivity index (χ4v) is 2.18. The molecule has 0 saturated heterocycles. The third-order valence-electron chi connectivity index (χ3n) is 3.20. The first kappa shape index (κ1) is 11.9. The van der Waals surface area contributed by atoms with Crippen molar-refractivity contribution < 1.29 is 9.90 Å². The Hall–Kier alpha value is -1.55. The zero-order valence-electron chi connectivity index (χ0n) is 10.2. The van der Waals surface area contributed by atoms with Crippen LogP contribution < -0.4 is 5.32 Å². The van der Waals surface area contributed by atoms with Crippen molar-refractivity contribution in [3.05, 3.63) is 29.3 Å². The van der Waals surface area contributed by atoms with Crippen LogP contribution in [0.5, 0.6) is 5.75 Å². The van der Waals surface area contributed by atoms with Gasteiger partial charge in [0.05, 0.1) is 6.54 Å². The van der Waals surface area contributed by atoms with Crippen LogP contribution in [0.25, 0.3) is 0 Å². The van der Waals surface area contributed by atoms with Crippen molar-refractivity contribution in [1.29, 1.82) is 0 Å². The molecule has 0 heterocycles. The summed E-state index contributed by atoms with van der Waals surface area (Å²) in [5.74, 6) is 0.394. The van der Waals surface area contributed by atoms with Crippen LogP contribution in [0.15, 0.2) is 18.2 Å². The number of hydrogen-bond donors (Lipinski definition) is 2. The molecule has 1 aromatic carbocycles. The summed E-state index contributed by atoms with van der Waals surface area (Å²) in [4.78, 5) is 13.1. The molecule has 1 aromatic rings. The molecule has 0 spiro atoms. The highest BCUT2D eigenvalue weighted by Gasteiger charge is 2.22. The van der Waals surface area contributed by atoms with Gasteiger partial charge in [-0.1, -0.05) is 6.07 Å². The number of carbonyl (C=O) groups is 1. The van der Waals surface area contributed by atoms with E-state index >= 15 is 0 Å². The van der Waals surface area contributed by atoms with E-state index < -0.39 is 0 Å². The second-order valence-electron chi connectivity index (χ2n) is 4.64. The number of aromatic hydroxyl groups is 1. The number of benzene rings is 1. The van der Waals surface area contributed by atoms with Crippen molar-refractivity contribution in [3.63, 3.8) is 0 Å². The molecule has 0 fully saturated rings. The van der Waals surface area contributed by atoms with E-state index in [9.17, 15) is 9.90 Å². The summed E-state index contributed by atoms with van der Waals surface area (Å²) in [6.45, 7) is 0.359. The maximum atomic E-state index is 11.5. The minimum Gasteiger partial charge on any atom is -0.508 e. The predicted molar refractivity (Wildman–Crippen MR) is 65.9 cm³/mol. The summed E-state index contributed by atoms with van der Waals surface area (Å²) < 4.78 is 0. The van der Waals surface area contributed by atoms with Crippen molar-refractivity contribution in [2.45, 2.75) is 18.9 Å². The fourth-order valence-electron chi connectivity index (χ4n) is 2.18. The van der Waals surface area contributed by atoms with Gasteiger partial charge >= 0.3 is 0 Å². The molecule has 0 aliphatic heterocycles. The molecule has 2 rings (SSSR count). The molecule has 17 heavy (non-hydrogen) atoms. The Morgan fingerprint density at radius 2 is 2.29 bits per heavy atom. The second-order valence-corrected chi connectivity index (χ2v) is 4.64. The highest BCUT2D eigenvalue weighted by atomic mass is 16.3. The molecule has 0 saturated carbocycles. The Bertz CT molecular complexity index is 429. The van der Waals surface area contributed by atoms with Gasteiger partial charge in [-0.3, -0.25) is 4.79 Å². The first-order valence-corrected chi connectivity index (χ1v) is 5.83. The number of nitrogens with one attached hydrogen (secondary N) is 1. The van der Waals surface area contributed by atoms with Crippen LogP contribution in [0.3, 0.4) is 0 Å². The van der Waals surface area contributed by atoms with Gasteiger partial charge in [-0.05, 0) is 36.1 Å². The van der Waals surface area contributed by atoms with E-state index in [-0.39, 0.29) is 11.9 Å². The van der Waals surface area contributed by atoms with Crippen molar-refractivity contribution in [3.8, 4) is 5.75 Å². The Morgan fingerprint density at radius 3 is 3.00 bits per heavy atom. The quantitative estimate of drug-likeness (QED) is 0.822. The van der Waals surface area contributed by atoms with E-state index in [4.69, 9.17) is 0 Å². The number of amides is 1. The summed E-state index contributed by atoms with van der Waals surface area (Å²) >= 11 is 0. The number of hydrogen-bond acceptors (Lipinski definition) is 3. The first-order chi connectivity index (χ1) is 8.08. The van der Waals surface area contributed by atoms with Gasteiger partial charge in [0.25, 0.3) is 0 Å². The lowest BCUT2D eigenvalue weighted by Crippen LogP contribution is -2.34. The smallest absolute Gasteiger partial charge is 0.236 e. The zero-order chi connectivity index (χ0) is 12.4. The maximum Gasteiger partial charge on any atom is 0.236 e. The minimum atomic E-state index is 0.0808. The van der Waals surface area contributed by atoms with Gasteiger partial charge in [0.15, 0.2) is 0 Å². The van der Waals surface area contributed by atoms with E-state index in [1.54, 1.807) is 25.1 Å². The summed E-state index contributed by atoms with van der Waals surface area (Å²) in [6, 6.07) is 5.68. The number of fused-ring (bicyclic) bond motifs is 1. The molecule has 0 bridgehead atoms. The normalized spacial score (nSPS) is 17.9. The molecule has 92 valence electrons. The van der Waals surface area contributed by atoms with Gasteiger partial charge in [0.2, 0.25) is 5.91 Å². The standard InChI is InChI=1S/C13H18N2O2/c1-15(2)13(17)8-14-12-6-3-9-7-10(16)4-5-11(9)12/h4-5,7,12,14,16H,3,6,8H2,1-2H3.